The Bertz CT molecular complexity index is 898. The fourth-order valence-electron chi connectivity index (χ4n) is 2.21. The number of hydrogen-bond acceptors (Lipinski definition) is 5. The number of pyridine rings is 1. The van der Waals surface area contributed by atoms with E-state index in [-0.39, 0.29) is 23.5 Å². The SMILES string of the molecule is Nc1c(Cn2ccc3sccc3c2=O)cccc1[N+](=O)[O-]. The highest BCUT2D eigenvalue weighted by molar-refractivity contribution is 7.17. The Labute approximate surface area is 123 Å². The first-order valence-corrected chi connectivity index (χ1v) is 7.04. The van der Waals surface area contributed by atoms with Crippen molar-refractivity contribution in [2.75, 3.05) is 5.73 Å². The number of aromatic nitrogens is 1. The number of nitrogen functional groups attached to an aromatic ring is 1. The van der Waals surface area contributed by atoms with Gasteiger partial charge in [0.2, 0.25) is 0 Å². The molecule has 0 aliphatic rings. The lowest BCUT2D eigenvalue weighted by Gasteiger charge is -2.08. The third kappa shape index (κ3) is 2.27. The summed E-state index contributed by atoms with van der Waals surface area (Å²) in [5, 5.41) is 13.4. The standard InChI is InChI=1S/C14H11N3O3S/c15-13-9(2-1-3-11(13)17(19)20)8-16-6-4-12-10(14(16)18)5-7-21-12/h1-7H,8,15H2. The van der Waals surface area contributed by atoms with Gasteiger partial charge in [0, 0.05) is 22.5 Å². The van der Waals surface area contributed by atoms with Crippen LogP contribution in [0.15, 0.2) is 46.7 Å². The Hall–Kier alpha value is -2.67. The largest absolute Gasteiger partial charge is 0.393 e. The number of thiophene rings is 1. The maximum absolute atomic E-state index is 12.3. The van der Waals surface area contributed by atoms with Gasteiger partial charge in [0.05, 0.1) is 16.9 Å². The van der Waals surface area contributed by atoms with Crippen LogP contribution < -0.4 is 11.3 Å². The maximum Gasteiger partial charge on any atom is 0.292 e. The average molecular weight is 301 g/mol. The monoisotopic (exact) mass is 301 g/mol. The number of nitro benzene ring substituents is 1. The van der Waals surface area contributed by atoms with Crippen LogP contribution in [0.4, 0.5) is 11.4 Å². The summed E-state index contributed by atoms with van der Waals surface area (Å²) in [6.07, 6.45) is 1.68. The predicted octanol–water partition coefficient (Wildman–Crippen LogP) is 2.60. The van der Waals surface area contributed by atoms with Gasteiger partial charge in [0.25, 0.3) is 11.2 Å². The quantitative estimate of drug-likeness (QED) is 0.457. The van der Waals surface area contributed by atoms with Crippen LogP contribution in [0, 0.1) is 10.1 Å². The average Bonchev–Trinajstić information content (AvgIpc) is 2.93. The van der Waals surface area contributed by atoms with Crippen molar-refractivity contribution in [1.82, 2.24) is 4.57 Å². The van der Waals surface area contributed by atoms with Crippen LogP contribution in [0.3, 0.4) is 0 Å². The van der Waals surface area contributed by atoms with Crippen LogP contribution in [0.1, 0.15) is 5.56 Å². The molecule has 1 aromatic carbocycles. The molecule has 3 rings (SSSR count). The summed E-state index contributed by atoms with van der Waals surface area (Å²) in [4.78, 5) is 22.7. The van der Waals surface area contributed by atoms with Crippen molar-refractivity contribution in [3.63, 3.8) is 0 Å². The minimum atomic E-state index is -0.524. The predicted molar refractivity (Wildman–Crippen MR) is 82.7 cm³/mol. The van der Waals surface area contributed by atoms with Crippen molar-refractivity contribution in [2.24, 2.45) is 0 Å². The number of rotatable bonds is 3. The van der Waals surface area contributed by atoms with Crippen LogP contribution >= 0.6 is 11.3 Å². The van der Waals surface area contributed by atoms with E-state index in [1.807, 2.05) is 11.4 Å². The molecule has 2 N–H and O–H groups in total. The highest BCUT2D eigenvalue weighted by Gasteiger charge is 2.15. The fraction of sp³-hybridized carbons (Fsp3) is 0.0714. The van der Waals surface area contributed by atoms with Crippen LogP contribution in [0.2, 0.25) is 0 Å². The topological polar surface area (TPSA) is 91.2 Å². The van der Waals surface area contributed by atoms with Gasteiger partial charge in [0.1, 0.15) is 5.69 Å². The third-order valence-electron chi connectivity index (χ3n) is 3.30. The molecule has 0 aliphatic carbocycles. The van der Waals surface area contributed by atoms with Crippen molar-refractivity contribution in [2.45, 2.75) is 6.54 Å². The van der Waals surface area contributed by atoms with Gasteiger partial charge >= 0.3 is 0 Å². The molecule has 0 unspecified atom stereocenters. The normalized spacial score (nSPS) is 10.9. The Kier molecular flexibility index (Phi) is 3.19. The number of hydrogen-bond donors (Lipinski definition) is 1. The van der Waals surface area contributed by atoms with Crippen LogP contribution in [0.5, 0.6) is 0 Å². The third-order valence-corrected chi connectivity index (χ3v) is 4.19. The van der Waals surface area contributed by atoms with E-state index in [4.69, 9.17) is 5.73 Å². The molecule has 2 aromatic heterocycles. The van der Waals surface area contributed by atoms with Gasteiger partial charge in [-0.25, -0.2) is 0 Å². The number of fused-ring (bicyclic) bond motifs is 1. The number of anilines is 1. The van der Waals surface area contributed by atoms with Crippen molar-refractivity contribution in [1.29, 1.82) is 0 Å². The van der Waals surface area contributed by atoms with Crippen molar-refractivity contribution < 1.29 is 4.92 Å². The lowest BCUT2D eigenvalue weighted by Crippen LogP contribution is -2.20. The van der Waals surface area contributed by atoms with Gasteiger partial charge < -0.3 is 10.3 Å². The fourth-order valence-corrected chi connectivity index (χ4v) is 2.98. The first kappa shape index (κ1) is 13.3. The van der Waals surface area contributed by atoms with Gasteiger partial charge in [-0.15, -0.1) is 11.3 Å². The van der Waals surface area contributed by atoms with Gasteiger partial charge in [-0.2, -0.15) is 0 Å². The summed E-state index contributed by atoms with van der Waals surface area (Å²) in [5.41, 5.74) is 6.21. The number of nitrogens with two attached hydrogens (primary N) is 1. The molecule has 21 heavy (non-hydrogen) atoms. The van der Waals surface area contributed by atoms with Gasteiger partial charge in [-0.05, 0) is 17.5 Å². The van der Waals surface area contributed by atoms with Crippen LogP contribution in [-0.4, -0.2) is 9.49 Å². The second-order valence-corrected chi connectivity index (χ2v) is 5.50. The first-order chi connectivity index (χ1) is 10.1. The molecule has 6 nitrogen and oxygen atoms in total. The molecule has 106 valence electrons. The lowest BCUT2D eigenvalue weighted by molar-refractivity contribution is -0.383. The summed E-state index contributed by atoms with van der Waals surface area (Å²) in [5.74, 6) is 0. The molecule has 7 heteroatoms. The van der Waals surface area contributed by atoms with Gasteiger partial charge in [0.15, 0.2) is 0 Å². The van der Waals surface area contributed by atoms with E-state index in [1.54, 1.807) is 24.4 Å². The molecule has 0 atom stereocenters. The zero-order chi connectivity index (χ0) is 15.0. The molecule has 0 radical (unpaired) electrons. The zero-order valence-corrected chi connectivity index (χ0v) is 11.7. The number of nitrogens with zero attached hydrogens (tertiary/aromatic N) is 2. The molecule has 3 aromatic rings. The molecule has 0 saturated heterocycles. The molecule has 0 spiro atoms. The number of benzene rings is 1. The Morgan fingerprint density at radius 1 is 1.29 bits per heavy atom. The van der Waals surface area contributed by atoms with E-state index in [2.05, 4.69) is 0 Å². The molecule has 0 amide bonds. The first-order valence-electron chi connectivity index (χ1n) is 6.16. The molecular weight excluding hydrogens is 290 g/mol. The minimum Gasteiger partial charge on any atom is -0.393 e. The lowest BCUT2D eigenvalue weighted by atomic mass is 10.1. The Balaban J connectivity index is 2.07. The molecule has 0 saturated carbocycles. The highest BCUT2D eigenvalue weighted by Crippen LogP contribution is 2.25. The summed E-state index contributed by atoms with van der Waals surface area (Å²) in [6.45, 7) is 0.206. The smallest absolute Gasteiger partial charge is 0.292 e. The van der Waals surface area contributed by atoms with Crippen molar-refractivity contribution in [3.05, 3.63) is 67.9 Å². The summed E-state index contributed by atoms with van der Waals surface area (Å²) in [7, 11) is 0. The summed E-state index contributed by atoms with van der Waals surface area (Å²) < 4.78 is 2.42. The maximum atomic E-state index is 12.3. The van der Waals surface area contributed by atoms with E-state index in [9.17, 15) is 14.9 Å². The highest BCUT2D eigenvalue weighted by atomic mass is 32.1. The molecule has 0 aliphatic heterocycles. The Morgan fingerprint density at radius 3 is 2.86 bits per heavy atom. The van der Waals surface area contributed by atoms with E-state index < -0.39 is 4.92 Å². The van der Waals surface area contributed by atoms with Crippen LogP contribution in [0.25, 0.3) is 10.1 Å². The summed E-state index contributed by atoms with van der Waals surface area (Å²) in [6, 6.07) is 8.23. The van der Waals surface area contributed by atoms with Gasteiger partial charge in [-0.3, -0.25) is 14.9 Å². The Morgan fingerprint density at radius 2 is 2.10 bits per heavy atom. The molecule has 0 bridgehead atoms. The van der Waals surface area contributed by atoms with Crippen molar-refractivity contribution >= 4 is 32.8 Å². The minimum absolute atomic E-state index is 0.0971. The zero-order valence-electron chi connectivity index (χ0n) is 10.9. The van der Waals surface area contributed by atoms with E-state index in [0.717, 1.165) is 4.70 Å². The second kappa shape index (κ2) is 5.02. The second-order valence-electron chi connectivity index (χ2n) is 4.55. The van der Waals surface area contributed by atoms with E-state index in [0.29, 0.717) is 10.9 Å². The molecule has 0 fully saturated rings. The number of nitro groups is 1. The molecular formula is C14H11N3O3S. The van der Waals surface area contributed by atoms with E-state index >= 15 is 0 Å². The van der Waals surface area contributed by atoms with Crippen LogP contribution in [-0.2, 0) is 6.54 Å². The van der Waals surface area contributed by atoms with E-state index in [1.165, 1.54) is 22.0 Å². The summed E-state index contributed by atoms with van der Waals surface area (Å²) >= 11 is 1.50. The van der Waals surface area contributed by atoms with Crippen molar-refractivity contribution in [3.8, 4) is 0 Å². The molecule has 2 heterocycles. The number of para-hydroxylation sites is 1. The van der Waals surface area contributed by atoms with Gasteiger partial charge in [-0.1, -0.05) is 12.1 Å².